The second-order valence-electron chi connectivity index (χ2n) is 5.95. The molecule has 1 N–H and O–H groups in total. The van der Waals surface area contributed by atoms with E-state index in [9.17, 15) is 4.39 Å². The minimum Gasteiger partial charge on any atom is -0.346 e. The molecule has 2 aromatic carbocycles. The first-order valence-corrected chi connectivity index (χ1v) is 9.15. The molecule has 0 bridgehead atoms. The number of hydrogen-bond acceptors (Lipinski definition) is 2. The summed E-state index contributed by atoms with van der Waals surface area (Å²) in [5.41, 5.74) is 1.94. The normalized spacial score (nSPS) is 15.2. The summed E-state index contributed by atoms with van der Waals surface area (Å²) in [5.74, 6) is -0.381. The summed E-state index contributed by atoms with van der Waals surface area (Å²) in [6.45, 7) is 4.21. The molecule has 3 nitrogen and oxygen atoms in total. The smallest absolute Gasteiger partial charge is 0.173 e. The maximum absolute atomic E-state index is 13.2. The van der Waals surface area contributed by atoms with Crippen LogP contribution in [0.2, 0.25) is 10.0 Å². The van der Waals surface area contributed by atoms with Crippen LogP contribution in [0.15, 0.2) is 42.5 Å². The monoisotopic (exact) mass is 397 g/mol. The lowest BCUT2D eigenvalue weighted by molar-refractivity contribution is 0.177. The molecule has 0 aliphatic carbocycles. The topological polar surface area (TPSA) is 18.5 Å². The Balaban J connectivity index is 1.50. The van der Waals surface area contributed by atoms with Crippen LogP contribution in [0.4, 0.5) is 10.1 Å². The Hall–Kier alpha value is -1.40. The van der Waals surface area contributed by atoms with E-state index in [0.717, 1.165) is 44.0 Å². The molecule has 7 heteroatoms. The first-order chi connectivity index (χ1) is 12.0. The van der Waals surface area contributed by atoms with Gasteiger partial charge in [0.2, 0.25) is 0 Å². The van der Waals surface area contributed by atoms with E-state index in [4.69, 9.17) is 35.4 Å². The van der Waals surface area contributed by atoms with Gasteiger partial charge in [-0.25, -0.2) is 4.39 Å². The van der Waals surface area contributed by atoms with Crippen LogP contribution in [-0.2, 0) is 6.54 Å². The highest BCUT2D eigenvalue weighted by atomic mass is 35.5. The molecule has 0 aromatic heterocycles. The highest BCUT2D eigenvalue weighted by Gasteiger charge is 2.19. The zero-order valence-corrected chi connectivity index (χ0v) is 15.8. The van der Waals surface area contributed by atoms with Crippen molar-refractivity contribution < 1.29 is 4.39 Å². The van der Waals surface area contributed by atoms with Crippen molar-refractivity contribution in [2.24, 2.45) is 0 Å². The SMILES string of the molecule is Fc1ccc(CN2CCN(C(=S)Nc3ccc(Cl)cc3)CC2)cc1Cl. The highest BCUT2D eigenvalue weighted by molar-refractivity contribution is 7.80. The summed E-state index contributed by atoms with van der Waals surface area (Å²) in [4.78, 5) is 4.46. The molecule has 1 heterocycles. The lowest BCUT2D eigenvalue weighted by Gasteiger charge is -2.36. The predicted octanol–water partition coefficient (Wildman–Crippen LogP) is 4.65. The zero-order valence-electron chi connectivity index (χ0n) is 13.5. The molecule has 3 rings (SSSR count). The molecule has 0 saturated carbocycles. The molecule has 132 valence electrons. The van der Waals surface area contributed by atoms with Crippen LogP contribution in [0, 0.1) is 5.82 Å². The molecule has 0 atom stereocenters. The molecule has 1 aliphatic heterocycles. The third-order valence-corrected chi connectivity index (χ3v) is 5.05. The molecule has 0 unspecified atom stereocenters. The maximum atomic E-state index is 13.2. The Bertz CT molecular complexity index is 746. The van der Waals surface area contributed by atoms with Crippen molar-refractivity contribution in [1.82, 2.24) is 9.80 Å². The molecule has 1 aliphatic rings. The molecule has 25 heavy (non-hydrogen) atoms. The summed E-state index contributed by atoms with van der Waals surface area (Å²) in [5, 5.41) is 4.82. The van der Waals surface area contributed by atoms with Crippen molar-refractivity contribution in [3.63, 3.8) is 0 Å². The van der Waals surface area contributed by atoms with Crippen LogP contribution in [-0.4, -0.2) is 41.1 Å². The molecule has 1 saturated heterocycles. The molecule has 2 aromatic rings. The second-order valence-corrected chi connectivity index (χ2v) is 7.18. The van der Waals surface area contributed by atoms with Gasteiger partial charge in [-0.1, -0.05) is 29.3 Å². The number of hydrogen-bond donors (Lipinski definition) is 1. The van der Waals surface area contributed by atoms with Crippen LogP contribution < -0.4 is 5.32 Å². The number of nitrogens with one attached hydrogen (secondary N) is 1. The van der Waals surface area contributed by atoms with Gasteiger partial charge in [0.15, 0.2) is 5.11 Å². The third kappa shape index (κ3) is 5.05. The van der Waals surface area contributed by atoms with Crippen molar-refractivity contribution in [2.75, 3.05) is 31.5 Å². The molecule has 0 radical (unpaired) electrons. The van der Waals surface area contributed by atoms with Gasteiger partial charge < -0.3 is 10.2 Å². The minimum atomic E-state index is -0.381. The van der Waals surface area contributed by atoms with Gasteiger partial charge in [0.25, 0.3) is 0 Å². The number of thiocarbonyl (C=S) groups is 1. The molecule has 0 amide bonds. The number of rotatable bonds is 3. The van der Waals surface area contributed by atoms with Crippen LogP contribution >= 0.6 is 35.4 Å². The van der Waals surface area contributed by atoms with E-state index < -0.39 is 0 Å². The fraction of sp³-hybridized carbons (Fsp3) is 0.278. The van der Waals surface area contributed by atoms with Gasteiger partial charge in [0.05, 0.1) is 5.02 Å². The highest BCUT2D eigenvalue weighted by Crippen LogP contribution is 2.18. The van der Waals surface area contributed by atoms with Gasteiger partial charge in [-0.05, 0) is 54.2 Å². The molecular weight excluding hydrogens is 380 g/mol. The summed E-state index contributed by atoms with van der Waals surface area (Å²) in [7, 11) is 0. The van der Waals surface area contributed by atoms with E-state index in [-0.39, 0.29) is 10.8 Å². The van der Waals surface area contributed by atoms with E-state index in [1.165, 1.54) is 6.07 Å². The van der Waals surface area contributed by atoms with E-state index >= 15 is 0 Å². The van der Waals surface area contributed by atoms with Gasteiger partial charge >= 0.3 is 0 Å². The Morgan fingerprint density at radius 2 is 1.72 bits per heavy atom. The van der Waals surface area contributed by atoms with Crippen LogP contribution in [0.3, 0.4) is 0 Å². The summed E-state index contributed by atoms with van der Waals surface area (Å²) in [6.07, 6.45) is 0. The van der Waals surface area contributed by atoms with Crippen LogP contribution in [0.25, 0.3) is 0 Å². The zero-order chi connectivity index (χ0) is 17.8. The van der Waals surface area contributed by atoms with Crippen molar-refractivity contribution in [3.05, 3.63) is 63.9 Å². The second kappa shape index (κ2) is 8.32. The first kappa shape index (κ1) is 18.4. The van der Waals surface area contributed by atoms with Gasteiger partial charge in [0, 0.05) is 43.4 Å². The third-order valence-electron chi connectivity index (χ3n) is 4.15. The van der Waals surface area contributed by atoms with Crippen molar-refractivity contribution in [2.45, 2.75) is 6.54 Å². The van der Waals surface area contributed by atoms with Gasteiger partial charge in [-0.3, -0.25) is 4.90 Å². The van der Waals surface area contributed by atoms with E-state index in [1.807, 2.05) is 24.3 Å². The quantitative estimate of drug-likeness (QED) is 0.759. The number of piperazine rings is 1. The summed E-state index contributed by atoms with van der Waals surface area (Å²) < 4.78 is 13.2. The standard InChI is InChI=1S/C18H18Cl2FN3S/c19-14-2-4-15(5-3-14)22-18(25)24-9-7-23(8-10-24)12-13-1-6-17(21)16(20)11-13/h1-6,11H,7-10,12H2,(H,22,25). The van der Waals surface area contributed by atoms with Gasteiger partial charge in [-0.2, -0.15) is 0 Å². The Labute approximate surface area is 162 Å². The van der Waals surface area contributed by atoms with E-state index in [1.54, 1.807) is 12.1 Å². The van der Waals surface area contributed by atoms with E-state index in [2.05, 4.69) is 15.1 Å². The summed E-state index contributed by atoms with van der Waals surface area (Å²) in [6, 6.07) is 12.4. The Morgan fingerprint density at radius 3 is 2.36 bits per heavy atom. The molecule has 0 spiro atoms. The number of anilines is 1. The fourth-order valence-electron chi connectivity index (χ4n) is 2.74. The first-order valence-electron chi connectivity index (χ1n) is 7.99. The number of benzene rings is 2. The Kier molecular flexibility index (Phi) is 6.12. The number of nitrogens with zero attached hydrogens (tertiary/aromatic N) is 2. The van der Waals surface area contributed by atoms with Gasteiger partial charge in [-0.15, -0.1) is 0 Å². The number of halogens is 3. The summed E-state index contributed by atoms with van der Waals surface area (Å²) >= 11 is 17.2. The minimum absolute atomic E-state index is 0.171. The largest absolute Gasteiger partial charge is 0.346 e. The average Bonchev–Trinajstić information content (AvgIpc) is 2.61. The van der Waals surface area contributed by atoms with Crippen molar-refractivity contribution in [3.8, 4) is 0 Å². The lowest BCUT2D eigenvalue weighted by atomic mass is 10.2. The molecule has 1 fully saturated rings. The van der Waals surface area contributed by atoms with E-state index in [0.29, 0.717) is 10.1 Å². The average molecular weight is 398 g/mol. The maximum Gasteiger partial charge on any atom is 0.173 e. The van der Waals surface area contributed by atoms with Crippen LogP contribution in [0.5, 0.6) is 0 Å². The Morgan fingerprint density at radius 1 is 1.04 bits per heavy atom. The lowest BCUT2D eigenvalue weighted by Crippen LogP contribution is -2.49. The van der Waals surface area contributed by atoms with Crippen molar-refractivity contribution >= 4 is 46.2 Å². The predicted molar refractivity (Wildman–Crippen MR) is 106 cm³/mol. The fourth-order valence-corrected chi connectivity index (χ4v) is 3.37. The van der Waals surface area contributed by atoms with Gasteiger partial charge in [0.1, 0.15) is 5.82 Å². The van der Waals surface area contributed by atoms with Crippen molar-refractivity contribution in [1.29, 1.82) is 0 Å². The van der Waals surface area contributed by atoms with Crippen LogP contribution in [0.1, 0.15) is 5.56 Å². The molecular formula is C18H18Cl2FN3S.